The number of benzene rings is 6. The third-order valence-corrected chi connectivity index (χ3v) is 9.29. The fourth-order valence-electron chi connectivity index (χ4n) is 7.30. The molecule has 0 aliphatic carbocycles. The van der Waals surface area contributed by atoms with Gasteiger partial charge in [-0.2, -0.15) is 0 Å². The van der Waals surface area contributed by atoms with Gasteiger partial charge in [-0.1, -0.05) is 127 Å². The fraction of sp³-hybridized carbons (Fsp3) is 0. The summed E-state index contributed by atoms with van der Waals surface area (Å²) in [6, 6.07) is 55.8. The highest BCUT2D eigenvalue weighted by molar-refractivity contribution is 6.24. The minimum absolute atomic E-state index is 0.655. The molecule has 0 radical (unpaired) electrons. The van der Waals surface area contributed by atoms with Crippen LogP contribution < -0.4 is 0 Å². The molecule has 0 fully saturated rings. The first-order valence-corrected chi connectivity index (χ1v) is 15.6. The van der Waals surface area contributed by atoms with E-state index >= 15 is 0 Å². The highest BCUT2D eigenvalue weighted by atomic mass is 15.2. The van der Waals surface area contributed by atoms with Crippen LogP contribution >= 0.6 is 0 Å². The molecule has 4 heteroatoms. The third kappa shape index (κ3) is 3.55. The van der Waals surface area contributed by atoms with E-state index in [9.17, 15) is 0 Å². The summed E-state index contributed by atoms with van der Waals surface area (Å²) in [7, 11) is 0. The first kappa shape index (κ1) is 25.1. The van der Waals surface area contributed by atoms with Gasteiger partial charge < -0.3 is 4.40 Å². The fourth-order valence-corrected chi connectivity index (χ4v) is 7.30. The third-order valence-electron chi connectivity index (χ3n) is 9.29. The number of pyridine rings is 1. The van der Waals surface area contributed by atoms with Gasteiger partial charge in [-0.25, -0.2) is 9.97 Å². The van der Waals surface area contributed by atoms with Crippen molar-refractivity contribution in [3.63, 3.8) is 0 Å². The van der Waals surface area contributed by atoms with Crippen LogP contribution in [0, 0.1) is 0 Å². The second-order valence-electron chi connectivity index (χ2n) is 11.8. The smallest absolute Gasteiger partial charge is 0.235 e. The van der Waals surface area contributed by atoms with E-state index in [2.05, 4.69) is 155 Å². The SMILES string of the molecule is c1ccc(-c2cc(-c3ccccc3)nc(-n3c4ccccc4c4c3ccc3cc5c6ccccc6c6ccccc6n5c34)n2)cc1. The molecular formula is C42H26N4. The van der Waals surface area contributed by atoms with E-state index in [0.29, 0.717) is 5.95 Å². The van der Waals surface area contributed by atoms with Crippen LogP contribution in [0.15, 0.2) is 158 Å². The van der Waals surface area contributed by atoms with Crippen molar-refractivity contribution in [3.05, 3.63) is 158 Å². The average molecular weight is 587 g/mol. The molecule has 0 saturated carbocycles. The van der Waals surface area contributed by atoms with Crippen molar-refractivity contribution in [2.45, 2.75) is 0 Å². The van der Waals surface area contributed by atoms with Crippen LogP contribution in [0.2, 0.25) is 0 Å². The highest BCUT2D eigenvalue weighted by Crippen LogP contribution is 2.41. The van der Waals surface area contributed by atoms with E-state index in [4.69, 9.17) is 9.97 Å². The lowest BCUT2D eigenvalue weighted by Gasteiger charge is -2.12. The van der Waals surface area contributed by atoms with Crippen LogP contribution in [0.25, 0.3) is 88.4 Å². The van der Waals surface area contributed by atoms with Gasteiger partial charge in [0.05, 0.1) is 39.0 Å². The monoisotopic (exact) mass is 586 g/mol. The summed E-state index contributed by atoms with van der Waals surface area (Å²) in [6.45, 7) is 0. The lowest BCUT2D eigenvalue weighted by molar-refractivity contribution is 0.996. The van der Waals surface area contributed by atoms with Gasteiger partial charge in [0.15, 0.2) is 0 Å². The lowest BCUT2D eigenvalue weighted by Crippen LogP contribution is -2.04. The largest absolute Gasteiger partial charge is 0.308 e. The molecule has 0 aliphatic heterocycles. The number of fused-ring (bicyclic) bond motifs is 12. The van der Waals surface area contributed by atoms with Crippen molar-refractivity contribution >= 4 is 59.9 Å². The quantitative estimate of drug-likeness (QED) is 0.193. The Bertz CT molecular complexity index is 2730. The molecule has 10 rings (SSSR count). The Labute approximate surface area is 264 Å². The van der Waals surface area contributed by atoms with Crippen LogP contribution in [0.1, 0.15) is 0 Å². The topological polar surface area (TPSA) is 35.1 Å². The van der Waals surface area contributed by atoms with Crippen molar-refractivity contribution in [2.24, 2.45) is 0 Å². The first-order chi connectivity index (χ1) is 22.8. The number of para-hydroxylation sites is 2. The van der Waals surface area contributed by atoms with Gasteiger partial charge in [0.1, 0.15) is 0 Å². The Hall–Kier alpha value is -6.26. The molecule has 0 aliphatic rings. The minimum Gasteiger partial charge on any atom is -0.308 e. The molecule has 0 bridgehead atoms. The number of aromatic nitrogens is 4. The minimum atomic E-state index is 0.655. The molecular weight excluding hydrogens is 560 g/mol. The number of hydrogen-bond donors (Lipinski definition) is 0. The van der Waals surface area contributed by atoms with Gasteiger partial charge in [0, 0.05) is 38.1 Å². The van der Waals surface area contributed by atoms with Crippen LogP contribution in [-0.4, -0.2) is 18.9 Å². The molecule has 46 heavy (non-hydrogen) atoms. The van der Waals surface area contributed by atoms with Crippen LogP contribution in [0.3, 0.4) is 0 Å². The predicted molar refractivity (Wildman–Crippen MR) is 191 cm³/mol. The normalized spacial score (nSPS) is 11.9. The molecule has 10 aromatic rings. The van der Waals surface area contributed by atoms with E-state index in [0.717, 1.165) is 33.5 Å². The molecule has 0 spiro atoms. The first-order valence-electron chi connectivity index (χ1n) is 15.6. The summed E-state index contributed by atoms with van der Waals surface area (Å²) in [6.07, 6.45) is 0. The van der Waals surface area contributed by atoms with E-state index in [1.807, 2.05) is 12.1 Å². The zero-order valence-corrected chi connectivity index (χ0v) is 24.8. The second-order valence-corrected chi connectivity index (χ2v) is 11.8. The molecule has 214 valence electrons. The molecule has 6 aromatic carbocycles. The number of nitrogens with zero attached hydrogens (tertiary/aromatic N) is 4. The summed E-state index contributed by atoms with van der Waals surface area (Å²) in [4.78, 5) is 10.5. The molecule has 4 aromatic heterocycles. The van der Waals surface area contributed by atoms with Crippen molar-refractivity contribution in [1.82, 2.24) is 18.9 Å². The maximum absolute atomic E-state index is 5.24. The van der Waals surface area contributed by atoms with Gasteiger partial charge in [0.2, 0.25) is 5.95 Å². The Morgan fingerprint density at radius 3 is 1.61 bits per heavy atom. The Kier molecular flexibility index (Phi) is 5.25. The van der Waals surface area contributed by atoms with Gasteiger partial charge in [-0.05, 0) is 35.7 Å². The summed E-state index contributed by atoms with van der Waals surface area (Å²) in [5, 5.41) is 7.35. The Balaban J connectivity index is 1.37. The van der Waals surface area contributed by atoms with Crippen molar-refractivity contribution < 1.29 is 0 Å². The molecule has 0 saturated heterocycles. The highest BCUT2D eigenvalue weighted by Gasteiger charge is 2.21. The number of hydrogen-bond acceptors (Lipinski definition) is 2. The van der Waals surface area contributed by atoms with E-state index < -0.39 is 0 Å². The summed E-state index contributed by atoms with van der Waals surface area (Å²) >= 11 is 0. The maximum Gasteiger partial charge on any atom is 0.235 e. The van der Waals surface area contributed by atoms with Gasteiger partial charge >= 0.3 is 0 Å². The van der Waals surface area contributed by atoms with E-state index in [1.54, 1.807) is 0 Å². The molecule has 4 nitrogen and oxygen atoms in total. The van der Waals surface area contributed by atoms with Gasteiger partial charge in [-0.15, -0.1) is 0 Å². The van der Waals surface area contributed by atoms with Crippen LogP contribution in [0.4, 0.5) is 0 Å². The Morgan fingerprint density at radius 1 is 0.391 bits per heavy atom. The summed E-state index contributed by atoms with van der Waals surface area (Å²) < 4.78 is 4.70. The Morgan fingerprint density at radius 2 is 0.935 bits per heavy atom. The zero-order chi connectivity index (χ0) is 30.2. The summed E-state index contributed by atoms with van der Waals surface area (Å²) in [5.41, 5.74) is 9.66. The van der Waals surface area contributed by atoms with Crippen molar-refractivity contribution in [1.29, 1.82) is 0 Å². The van der Waals surface area contributed by atoms with Crippen molar-refractivity contribution in [2.75, 3.05) is 0 Å². The van der Waals surface area contributed by atoms with Crippen LogP contribution in [0.5, 0.6) is 0 Å². The standard InChI is InChI=1S/C42H26N4/c1-3-13-27(14-4-1)34-26-35(28-15-5-2-6-16-28)44-42(43-34)46-37-22-12-10-20-33(37)40-38(46)24-23-29-25-39-32-19-8-7-17-30(32)31-18-9-11-21-36(31)45(39)41(29)40/h1-26H. The number of rotatable bonds is 3. The van der Waals surface area contributed by atoms with Crippen LogP contribution in [-0.2, 0) is 0 Å². The molecule has 4 heterocycles. The molecule has 0 amide bonds. The maximum atomic E-state index is 5.24. The summed E-state index contributed by atoms with van der Waals surface area (Å²) in [5.74, 6) is 0.655. The molecule has 0 unspecified atom stereocenters. The second kappa shape index (κ2) is 9.62. The molecule has 0 N–H and O–H groups in total. The van der Waals surface area contributed by atoms with Gasteiger partial charge in [-0.3, -0.25) is 4.57 Å². The average Bonchev–Trinajstić information content (AvgIpc) is 3.69. The zero-order valence-electron chi connectivity index (χ0n) is 24.8. The van der Waals surface area contributed by atoms with Crippen molar-refractivity contribution in [3.8, 4) is 28.5 Å². The molecule has 0 atom stereocenters. The predicted octanol–water partition coefficient (Wildman–Crippen LogP) is 10.6. The van der Waals surface area contributed by atoms with Gasteiger partial charge in [0.25, 0.3) is 0 Å². The van der Waals surface area contributed by atoms with E-state index in [-0.39, 0.29) is 0 Å². The van der Waals surface area contributed by atoms with E-state index in [1.165, 1.54) is 48.9 Å². The lowest BCUT2D eigenvalue weighted by atomic mass is 10.1.